The third-order valence-electron chi connectivity index (χ3n) is 5.78. The standard InChI is InChI=1S/C31H28N2O5/c32-26(20-22-10-4-1-5-11-22)29(34)33-19-18-23-16-17-27(37-30(35)24-12-6-2-7-13-24)28(21-23)38-31(36)25-14-8-3-9-15-25/h1-17,21,26H,18-20,32H2,(H,33,34). The van der Waals surface area contributed by atoms with Crippen molar-refractivity contribution in [2.75, 3.05) is 6.54 Å². The first kappa shape index (κ1) is 26.3. The second kappa shape index (κ2) is 13.0. The zero-order chi connectivity index (χ0) is 26.7. The smallest absolute Gasteiger partial charge is 0.343 e. The molecule has 4 rings (SSSR count). The highest BCUT2D eigenvalue weighted by atomic mass is 16.6. The summed E-state index contributed by atoms with van der Waals surface area (Å²) in [4.78, 5) is 37.8. The van der Waals surface area contributed by atoms with E-state index in [4.69, 9.17) is 15.2 Å². The Morgan fingerprint density at radius 2 is 1.18 bits per heavy atom. The van der Waals surface area contributed by atoms with Crippen molar-refractivity contribution in [3.05, 3.63) is 131 Å². The first-order chi connectivity index (χ1) is 18.5. The molecule has 38 heavy (non-hydrogen) atoms. The second-order valence-electron chi connectivity index (χ2n) is 8.63. The van der Waals surface area contributed by atoms with Gasteiger partial charge in [-0.05, 0) is 60.4 Å². The third kappa shape index (κ3) is 7.38. The molecule has 0 aliphatic carbocycles. The van der Waals surface area contributed by atoms with Crippen molar-refractivity contribution in [1.82, 2.24) is 5.32 Å². The summed E-state index contributed by atoms with van der Waals surface area (Å²) >= 11 is 0. The lowest BCUT2D eigenvalue weighted by atomic mass is 10.1. The van der Waals surface area contributed by atoms with Crippen molar-refractivity contribution < 1.29 is 23.9 Å². The highest BCUT2D eigenvalue weighted by Gasteiger charge is 2.18. The molecule has 1 atom stereocenters. The Labute approximate surface area is 221 Å². The zero-order valence-electron chi connectivity index (χ0n) is 20.7. The lowest BCUT2D eigenvalue weighted by Crippen LogP contribution is -2.42. The molecule has 3 N–H and O–H groups in total. The van der Waals surface area contributed by atoms with Gasteiger partial charge in [-0.2, -0.15) is 0 Å². The van der Waals surface area contributed by atoms with Gasteiger partial charge in [0.1, 0.15) is 0 Å². The highest BCUT2D eigenvalue weighted by Crippen LogP contribution is 2.30. The van der Waals surface area contributed by atoms with E-state index in [1.807, 2.05) is 30.3 Å². The maximum atomic E-state index is 12.7. The van der Waals surface area contributed by atoms with Crippen LogP contribution >= 0.6 is 0 Å². The molecular weight excluding hydrogens is 480 g/mol. The Bertz CT molecular complexity index is 1380. The molecule has 1 unspecified atom stereocenters. The van der Waals surface area contributed by atoms with E-state index in [9.17, 15) is 14.4 Å². The Morgan fingerprint density at radius 3 is 1.76 bits per heavy atom. The number of ether oxygens (including phenoxy) is 2. The Kier molecular flexibility index (Phi) is 8.99. The lowest BCUT2D eigenvalue weighted by Gasteiger charge is -2.14. The van der Waals surface area contributed by atoms with Crippen LogP contribution in [0.25, 0.3) is 0 Å². The first-order valence-electron chi connectivity index (χ1n) is 12.2. The van der Waals surface area contributed by atoms with E-state index in [0.717, 1.165) is 11.1 Å². The normalized spacial score (nSPS) is 11.3. The van der Waals surface area contributed by atoms with Crippen LogP contribution in [0.15, 0.2) is 109 Å². The summed E-state index contributed by atoms with van der Waals surface area (Å²) in [5.41, 5.74) is 8.55. The third-order valence-corrected chi connectivity index (χ3v) is 5.78. The quantitative estimate of drug-likeness (QED) is 0.244. The van der Waals surface area contributed by atoms with Gasteiger partial charge in [0, 0.05) is 6.54 Å². The van der Waals surface area contributed by atoms with Gasteiger partial charge in [0.05, 0.1) is 17.2 Å². The van der Waals surface area contributed by atoms with E-state index < -0.39 is 18.0 Å². The van der Waals surface area contributed by atoms with Crippen molar-refractivity contribution in [3.8, 4) is 11.5 Å². The van der Waals surface area contributed by atoms with Gasteiger partial charge in [-0.15, -0.1) is 0 Å². The average Bonchev–Trinajstić information content (AvgIpc) is 2.95. The van der Waals surface area contributed by atoms with Crippen molar-refractivity contribution in [2.24, 2.45) is 5.73 Å². The van der Waals surface area contributed by atoms with Crippen LogP contribution < -0.4 is 20.5 Å². The fraction of sp³-hybridized carbons (Fsp3) is 0.129. The number of benzene rings is 4. The minimum Gasteiger partial charge on any atom is -0.419 e. The summed E-state index contributed by atoms with van der Waals surface area (Å²) in [6.45, 7) is 0.330. The summed E-state index contributed by atoms with van der Waals surface area (Å²) in [5.74, 6) is -1.19. The van der Waals surface area contributed by atoms with Crippen LogP contribution in [0.2, 0.25) is 0 Å². The van der Waals surface area contributed by atoms with Crippen LogP contribution in [-0.4, -0.2) is 30.4 Å². The maximum absolute atomic E-state index is 12.7. The van der Waals surface area contributed by atoms with Crippen molar-refractivity contribution >= 4 is 17.8 Å². The van der Waals surface area contributed by atoms with Gasteiger partial charge in [-0.3, -0.25) is 4.79 Å². The Balaban J connectivity index is 1.43. The van der Waals surface area contributed by atoms with E-state index in [1.54, 1.807) is 78.9 Å². The van der Waals surface area contributed by atoms with Crippen LogP contribution in [0.1, 0.15) is 31.8 Å². The zero-order valence-corrected chi connectivity index (χ0v) is 20.7. The van der Waals surface area contributed by atoms with Gasteiger partial charge in [0.2, 0.25) is 5.91 Å². The van der Waals surface area contributed by atoms with Gasteiger partial charge in [0.25, 0.3) is 0 Å². The van der Waals surface area contributed by atoms with Crippen LogP contribution in [-0.2, 0) is 17.6 Å². The molecule has 0 spiro atoms. The van der Waals surface area contributed by atoms with Gasteiger partial charge in [-0.25, -0.2) is 9.59 Å². The van der Waals surface area contributed by atoms with Crippen molar-refractivity contribution in [3.63, 3.8) is 0 Å². The number of nitrogens with one attached hydrogen (secondary N) is 1. The number of rotatable bonds is 10. The molecule has 4 aromatic rings. The molecule has 0 aliphatic rings. The molecular formula is C31H28N2O5. The SMILES string of the molecule is NC(Cc1ccccc1)C(=O)NCCc1ccc(OC(=O)c2ccccc2)c(OC(=O)c2ccccc2)c1. The summed E-state index contributed by atoms with van der Waals surface area (Å²) < 4.78 is 11.2. The fourth-order valence-corrected chi connectivity index (χ4v) is 3.76. The molecule has 1 amide bonds. The van der Waals surface area contributed by atoms with Crippen molar-refractivity contribution in [1.29, 1.82) is 0 Å². The molecule has 7 heteroatoms. The number of carbonyl (C=O) groups excluding carboxylic acids is 3. The molecule has 7 nitrogen and oxygen atoms in total. The molecule has 0 fully saturated rings. The predicted molar refractivity (Wildman–Crippen MR) is 144 cm³/mol. The van der Waals surface area contributed by atoms with Crippen LogP contribution in [0.4, 0.5) is 0 Å². The van der Waals surface area contributed by atoms with E-state index in [2.05, 4.69) is 5.32 Å². The van der Waals surface area contributed by atoms with Gasteiger partial charge in [-0.1, -0.05) is 72.8 Å². The van der Waals surface area contributed by atoms with E-state index >= 15 is 0 Å². The van der Waals surface area contributed by atoms with E-state index in [-0.39, 0.29) is 17.4 Å². The van der Waals surface area contributed by atoms with Crippen LogP contribution in [0, 0.1) is 0 Å². The summed E-state index contributed by atoms with van der Waals surface area (Å²) in [6, 6.07) is 30.9. The monoisotopic (exact) mass is 508 g/mol. The molecule has 4 aromatic carbocycles. The minimum absolute atomic E-state index is 0.104. The molecule has 0 heterocycles. The second-order valence-corrected chi connectivity index (χ2v) is 8.63. The molecule has 0 saturated carbocycles. The summed E-state index contributed by atoms with van der Waals surface area (Å²) in [6.07, 6.45) is 0.889. The number of nitrogens with two attached hydrogens (primary N) is 1. The summed E-state index contributed by atoms with van der Waals surface area (Å²) in [5, 5.41) is 2.85. The number of amides is 1. The lowest BCUT2D eigenvalue weighted by molar-refractivity contribution is -0.122. The van der Waals surface area contributed by atoms with Gasteiger partial charge in [0.15, 0.2) is 11.5 Å². The molecule has 0 aliphatic heterocycles. The van der Waals surface area contributed by atoms with Gasteiger partial charge >= 0.3 is 11.9 Å². The fourth-order valence-electron chi connectivity index (χ4n) is 3.76. The molecule has 0 aromatic heterocycles. The minimum atomic E-state index is -0.667. The Morgan fingerprint density at radius 1 is 0.658 bits per heavy atom. The Hall–Kier alpha value is -4.75. The van der Waals surface area contributed by atoms with Gasteiger partial charge < -0.3 is 20.5 Å². The summed E-state index contributed by atoms with van der Waals surface area (Å²) in [7, 11) is 0. The van der Waals surface area contributed by atoms with E-state index in [1.165, 1.54) is 0 Å². The molecule has 0 saturated heterocycles. The number of esters is 2. The molecule has 0 radical (unpaired) electrons. The highest BCUT2D eigenvalue weighted by molar-refractivity contribution is 5.93. The topological polar surface area (TPSA) is 108 Å². The first-order valence-corrected chi connectivity index (χ1v) is 12.2. The number of hydrogen-bond acceptors (Lipinski definition) is 6. The van der Waals surface area contributed by atoms with E-state index in [0.29, 0.717) is 30.5 Å². The maximum Gasteiger partial charge on any atom is 0.343 e. The molecule has 192 valence electrons. The predicted octanol–water partition coefficient (Wildman–Crippen LogP) is 4.35. The average molecular weight is 509 g/mol. The largest absolute Gasteiger partial charge is 0.419 e. The van der Waals surface area contributed by atoms with Crippen LogP contribution in [0.5, 0.6) is 11.5 Å². The number of carbonyl (C=O) groups is 3. The van der Waals surface area contributed by atoms with Crippen LogP contribution in [0.3, 0.4) is 0 Å². The molecule has 0 bridgehead atoms. The number of hydrogen-bond donors (Lipinski definition) is 2. The van der Waals surface area contributed by atoms with Crippen molar-refractivity contribution in [2.45, 2.75) is 18.9 Å².